The number of rotatable bonds is 4. The summed E-state index contributed by atoms with van der Waals surface area (Å²) in [5.41, 5.74) is 8.11. The molecule has 0 radical (unpaired) electrons. The molecule has 0 atom stereocenters. The number of hydrogen-bond donors (Lipinski definition) is 1. The van der Waals surface area contributed by atoms with Gasteiger partial charge in [-0.1, -0.05) is 23.4 Å². The molecule has 0 unspecified atom stereocenters. The van der Waals surface area contributed by atoms with Gasteiger partial charge in [-0.15, -0.1) is 0 Å². The Balaban J connectivity index is 1.70. The third-order valence-corrected chi connectivity index (χ3v) is 3.81. The van der Waals surface area contributed by atoms with Crippen molar-refractivity contribution in [1.29, 1.82) is 0 Å². The third kappa shape index (κ3) is 1.91. The fraction of sp³-hybridized carbons (Fsp3) is 0.333. The molecule has 1 aliphatic carbocycles. The van der Waals surface area contributed by atoms with Crippen LogP contribution in [0.25, 0.3) is 10.9 Å². The van der Waals surface area contributed by atoms with Crippen molar-refractivity contribution in [2.75, 3.05) is 0 Å². The molecule has 20 heavy (non-hydrogen) atoms. The summed E-state index contributed by atoms with van der Waals surface area (Å²) in [7, 11) is 0. The zero-order valence-electron chi connectivity index (χ0n) is 11.1. The van der Waals surface area contributed by atoms with Crippen LogP contribution in [0.3, 0.4) is 0 Å². The van der Waals surface area contributed by atoms with Crippen LogP contribution in [0.15, 0.2) is 35.0 Å². The highest BCUT2D eigenvalue weighted by molar-refractivity contribution is 5.84. The molecule has 2 aromatic heterocycles. The second-order valence-electron chi connectivity index (χ2n) is 5.33. The average molecular weight is 268 g/mol. The summed E-state index contributed by atoms with van der Waals surface area (Å²) in [6.45, 7) is 1.16. The van der Waals surface area contributed by atoms with Crippen molar-refractivity contribution < 1.29 is 4.52 Å². The maximum Gasteiger partial charge on any atom is 0.229 e. The summed E-state index contributed by atoms with van der Waals surface area (Å²) in [5, 5.41) is 5.27. The first kappa shape index (κ1) is 11.7. The average Bonchev–Trinajstić information content (AvgIpc) is 3.13. The Morgan fingerprint density at radius 3 is 2.95 bits per heavy atom. The monoisotopic (exact) mass is 268 g/mol. The highest BCUT2D eigenvalue weighted by atomic mass is 16.5. The van der Waals surface area contributed by atoms with E-state index < -0.39 is 0 Å². The minimum atomic E-state index is 0.497. The van der Waals surface area contributed by atoms with Crippen LogP contribution in [0.5, 0.6) is 0 Å². The Morgan fingerprint density at radius 2 is 2.15 bits per heavy atom. The first-order chi connectivity index (χ1) is 9.85. The molecule has 1 aromatic carbocycles. The molecule has 0 amide bonds. The molecular formula is C15H16N4O. The lowest BCUT2D eigenvalue weighted by Crippen LogP contribution is -2.00. The Morgan fingerprint density at radius 1 is 1.30 bits per heavy atom. The van der Waals surface area contributed by atoms with Gasteiger partial charge in [0.1, 0.15) is 0 Å². The van der Waals surface area contributed by atoms with Crippen molar-refractivity contribution in [3.05, 3.63) is 47.7 Å². The highest BCUT2D eigenvalue weighted by Crippen LogP contribution is 2.38. The standard InChI is InChI=1S/C15H16N4O/c16-7-11-8-19(13-4-2-1-3-12(11)13)9-14-17-15(20-18-14)10-5-6-10/h1-4,8,10H,5-7,9,16H2. The normalized spacial score (nSPS) is 15.1. The predicted molar refractivity (Wildman–Crippen MR) is 75.2 cm³/mol. The van der Waals surface area contributed by atoms with Gasteiger partial charge in [-0.2, -0.15) is 4.98 Å². The summed E-state index contributed by atoms with van der Waals surface area (Å²) >= 11 is 0. The van der Waals surface area contributed by atoms with Gasteiger partial charge >= 0.3 is 0 Å². The highest BCUT2D eigenvalue weighted by Gasteiger charge is 2.29. The van der Waals surface area contributed by atoms with E-state index in [1.165, 1.54) is 18.2 Å². The smallest absolute Gasteiger partial charge is 0.229 e. The van der Waals surface area contributed by atoms with Crippen LogP contribution >= 0.6 is 0 Å². The molecular weight excluding hydrogens is 252 g/mol. The fourth-order valence-corrected chi connectivity index (χ4v) is 2.60. The molecule has 0 bridgehead atoms. The Hall–Kier alpha value is -2.14. The molecule has 5 heteroatoms. The summed E-state index contributed by atoms with van der Waals surface area (Å²) in [6.07, 6.45) is 4.43. The minimum Gasteiger partial charge on any atom is -0.339 e. The quantitative estimate of drug-likeness (QED) is 0.788. The van der Waals surface area contributed by atoms with Crippen LogP contribution in [0.2, 0.25) is 0 Å². The van der Waals surface area contributed by atoms with E-state index in [2.05, 4.69) is 33.0 Å². The summed E-state index contributed by atoms with van der Waals surface area (Å²) in [5.74, 6) is 2.02. The van der Waals surface area contributed by atoms with Crippen molar-refractivity contribution in [2.24, 2.45) is 5.73 Å². The Bertz CT molecular complexity index is 754. The van der Waals surface area contributed by atoms with Gasteiger partial charge in [0.05, 0.1) is 6.54 Å². The number of hydrogen-bond acceptors (Lipinski definition) is 4. The second-order valence-corrected chi connectivity index (χ2v) is 5.33. The number of para-hydroxylation sites is 1. The first-order valence-electron chi connectivity index (χ1n) is 6.94. The van der Waals surface area contributed by atoms with E-state index in [9.17, 15) is 0 Å². The molecule has 1 saturated carbocycles. The van der Waals surface area contributed by atoms with Gasteiger partial charge in [0.2, 0.25) is 5.89 Å². The van der Waals surface area contributed by atoms with Crippen LogP contribution in [-0.4, -0.2) is 14.7 Å². The van der Waals surface area contributed by atoms with Crippen molar-refractivity contribution in [3.8, 4) is 0 Å². The van der Waals surface area contributed by atoms with E-state index in [1.807, 2.05) is 12.1 Å². The molecule has 5 nitrogen and oxygen atoms in total. The van der Waals surface area contributed by atoms with E-state index in [0.29, 0.717) is 19.0 Å². The molecule has 0 saturated heterocycles. The van der Waals surface area contributed by atoms with Gasteiger partial charge in [-0.25, -0.2) is 0 Å². The second kappa shape index (κ2) is 4.45. The van der Waals surface area contributed by atoms with E-state index >= 15 is 0 Å². The van der Waals surface area contributed by atoms with Crippen molar-refractivity contribution in [2.45, 2.75) is 31.8 Å². The van der Waals surface area contributed by atoms with Gasteiger partial charge < -0.3 is 14.8 Å². The summed E-state index contributed by atoms with van der Waals surface area (Å²) in [6, 6.07) is 8.26. The van der Waals surface area contributed by atoms with Crippen molar-refractivity contribution in [3.63, 3.8) is 0 Å². The number of nitrogens with zero attached hydrogens (tertiary/aromatic N) is 3. The predicted octanol–water partition coefficient (Wildman–Crippen LogP) is 2.41. The largest absolute Gasteiger partial charge is 0.339 e. The van der Waals surface area contributed by atoms with E-state index in [1.54, 1.807) is 0 Å². The number of benzene rings is 1. The van der Waals surface area contributed by atoms with Crippen LogP contribution in [0.4, 0.5) is 0 Å². The molecule has 1 aliphatic rings. The number of aromatic nitrogens is 3. The third-order valence-electron chi connectivity index (χ3n) is 3.81. The molecule has 2 N–H and O–H groups in total. The lowest BCUT2D eigenvalue weighted by molar-refractivity contribution is 0.373. The first-order valence-corrected chi connectivity index (χ1v) is 6.94. The van der Waals surface area contributed by atoms with Gasteiger partial charge in [-0.05, 0) is 24.5 Å². The lowest BCUT2D eigenvalue weighted by atomic mass is 10.2. The molecule has 0 spiro atoms. The van der Waals surface area contributed by atoms with Gasteiger partial charge in [0, 0.05) is 29.6 Å². The fourth-order valence-electron chi connectivity index (χ4n) is 2.60. The SMILES string of the molecule is NCc1cn(Cc2noc(C3CC3)n2)c2ccccc12. The number of fused-ring (bicyclic) bond motifs is 1. The Labute approximate surface area is 116 Å². The molecule has 0 aliphatic heterocycles. The van der Waals surface area contributed by atoms with Gasteiger partial charge in [0.15, 0.2) is 5.82 Å². The zero-order chi connectivity index (χ0) is 13.5. The van der Waals surface area contributed by atoms with E-state index in [4.69, 9.17) is 10.3 Å². The molecule has 3 aromatic rings. The van der Waals surface area contributed by atoms with Crippen LogP contribution in [-0.2, 0) is 13.1 Å². The van der Waals surface area contributed by atoms with Crippen LogP contribution in [0, 0.1) is 0 Å². The molecule has 2 heterocycles. The van der Waals surface area contributed by atoms with Gasteiger partial charge in [-0.3, -0.25) is 0 Å². The molecule has 102 valence electrons. The zero-order valence-corrected chi connectivity index (χ0v) is 11.1. The van der Waals surface area contributed by atoms with Crippen LogP contribution < -0.4 is 5.73 Å². The molecule has 1 fully saturated rings. The topological polar surface area (TPSA) is 69.9 Å². The van der Waals surface area contributed by atoms with E-state index in [0.717, 1.165) is 22.8 Å². The summed E-state index contributed by atoms with van der Waals surface area (Å²) < 4.78 is 7.44. The Kier molecular flexibility index (Phi) is 2.60. The molecule has 4 rings (SSSR count). The van der Waals surface area contributed by atoms with Crippen LogP contribution in [0.1, 0.15) is 36.0 Å². The lowest BCUT2D eigenvalue weighted by Gasteiger charge is -2.00. The maximum atomic E-state index is 5.81. The number of nitrogens with two attached hydrogens (primary N) is 1. The minimum absolute atomic E-state index is 0.497. The summed E-state index contributed by atoms with van der Waals surface area (Å²) in [4.78, 5) is 4.48. The van der Waals surface area contributed by atoms with Gasteiger partial charge in [0.25, 0.3) is 0 Å². The van der Waals surface area contributed by atoms with E-state index in [-0.39, 0.29) is 0 Å². The maximum absolute atomic E-state index is 5.81. The van der Waals surface area contributed by atoms with Crippen molar-refractivity contribution >= 4 is 10.9 Å². The van der Waals surface area contributed by atoms with Crippen molar-refractivity contribution in [1.82, 2.24) is 14.7 Å².